The van der Waals surface area contributed by atoms with Crippen molar-refractivity contribution in [2.24, 2.45) is 5.92 Å². The third kappa shape index (κ3) is 3.57. The molecule has 2 atom stereocenters. The Hall–Kier alpha value is -1.50. The van der Waals surface area contributed by atoms with Gasteiger partial charge in [-0.25, -0.2) is 0 Å². The summed E-state index contributed by atoms with van der Waals surface area (Å²) in [5.41, 5.74) is 0. The van der Waals surface area contributed by atoms with Gasteiger partial charge < -0.3 is 10.4 Å². The fraction of sp³-hybridized carbons (Fsp3) is 0.421. The van der Waals surface area contributed by atoms with Crippen LogP contribution in [0.1, 0.15) is 29.4 Å². The lowest BCUT2D eigenvalue weighted by Crippen LogP contribution is -2.62. The molecule has 1 amide bonds. The highest BCUT2D eigenvalue weighted by molar-refractivity contribution is 8.01. The van der Waals surface area contributed by atoms with Gasteiger partial charge in [-0.2, -0.15) is 0 Å². The number of nitrogens with one attached hydrogen (secondary N) is 1. The van der Waals surface area contributed by atoms with Crippen LogP contribution in [0.15, 0.2) is 45.5 Å². The van der Waals surface area contributed by atoms with E-state index in [4.69, 9.17) is 0 Å². The Morgan fingerprint density at radius 1 is 1.28 bits per heavy atom. The van der Waals surface area contributed by atoms with Crippen molar-refractivity contribution in [3.8, 4) is 5.75 Å². The molecule has 25 heavy (non-hydrogen) atoms. The number of hydrogen-bond donors (Lipinski definition) is 2. The molecule has 1 aromatic carbocycles. The van der Waals surface area contributed by atoms with E-state index in [1.807, 2.05) is 24.3 Å². The molecule has 1 aromatic heterocycles. The molecule has 3 fully saturated rings. The highest BCUT2D eigenvalue weighted by atomic mass is 32.2. The zero-order chi connectivity index (χ0) is 17.4. The molecule has 0 radical (unpaired) electrons. The van der Waals surface area contributed by atoms with Crippen LogP contribution in [0.25, 0.3) is 0 Å². The van der Waals surface area contributed by atoms with E-state index in [0.717, 1.165) is 14.0 Å². The SMILES string of the molecule is C[C@H]1[C@H](NC(=O)c2ccc(Sc3cccc(O)c3)s2)C2CCN1CC2. The van der Waals surface area contributed by atoms with Gasteiger partial charge in [-0.1, -0.05) is 17.8 Å². The van der Waals surface area contributed by atoms with Gasteiger partial charge in [0.2, 0.25) is 0 Å². The summed E-state index contributed by atoms with van der Waals surface area (Å²) in [5, 5.41) is 12.8. The Bertz CT molecular complexity index is 766. The molecular weight excluding hydrogens is 352 g/mol. The number of phenolic OH excluding ortho intramolecular Hbond substituents is 1. The van der Waals surface area contributed by atoms with Gasteiger partial charge in [0.1, 0.15) is 5.75 Å². The molecule has 6 heteroatoms. The van der Waals surface area contributed by atoms with Gasteiger partial charge in [-0.15, -0.1) is 11.3 Å². The molecule has 2 N–H and O–H groups in total. The Balaban J connectivity index is 1.42. The molecule has 5 rings (SSSR count). The second kappa shape index (κ2) is 7.02. The normalized spacial score (nSPS) is 28.0. The lowest BCUT2D eigenvalue weighted by molar-refractivity contribution is 0.0218. The van der Waals surface area contributed by atoms with Gasteiger partial charge in [-0.3, -0.25) is 9.69 Å². The minimum Gasteiger partial charge on any atom is -0.508 e. The molecule has 3 saturated heterocycles. The summed E-state index contributed by atoms with van der Waals surface area (Å²) in [6, 6.07) is 11.8. The first-order chi connectivity index (χ1) is 12.1. The van der Waals surface area contributed by atoms with Crippen LogP contribution in [0.2, 0.25) is 0 Å². The van der Waals surface area contributed by atoms with Crippen LogP contribution in [0.3, 0.4) is 0 Å². The summed E-state index contributed by atoms with van der Waals surface area (Å²) in [6.45, 7) is 4.57. The minimum atomic E-state index is 0.0401. The van der Waals surface area contributed by atoms with E-state index in [0.29, 0.717) is 12.0 Å². The van der Waals surface area contributed by atoms with Crippen molar-refractivity contribution in [2.75, 3.05) is 13.1 Å². The third-order valence-corrected chi connectivity index (χ3v) is 7.52. The van der Waals surface area contributed by atoms with E-state index < -0.39 is 0 Å². The molecule has 4 nitrogen and oxygen atoms in total. The highest BCUT2D eigenvalue weighted by Crippen LogP contribution is 2.36. The standard InChI is InChI=1S/C19H22N2O2S2/c1-12-18(13-7-9-21(12)10-8-13)20-19(23)16-5-6-17(25-16)24-15-4-2-3-14(22)11-15/h2-6,11-13,18,22H,7-10H2,1H3,(H,20,23)/t12-,18-/m0/s1. The minimum absolute atomic E-state index is 0.0401. The second-order valence-corrected chi connectivity index (χ2v) is 9.29. The van der Waals surface area contributed by atoms with E-state index in [9.17, 15) is 9.90 Å². The first kappa shape index (κ1) is 16.9. The van der Waals surface area contributed by atoms with E-state index >= 15 is 0 Å². The predicted molar refractivity (Wildman–Crippen MR) is 102 cm³/mol. The number of hydrogen-bond acceptors (Lipinski definition) is 5. The summed E-state index contributed by atoms with van der Waals surface area (Å²) in [4.78, 5) is 16.9. The van der Waals surface area contributed by atoms with Crippen molar-refractivity contribution < 1.29 is 9.90 Å². The summed E-state index contributed by atoms with van der Waals surface area (Å²) >= 11 is 3.08. The Labute approximate surface area is 156 Å². The average Bonchev–Trinajstić information content (AvgIpc) is 3.07. The maximum Gasteiger partial charge on any atom is 0.261 e. The molecule has 3 aliphatic rings. The molecule has 0 saturated carbocycles. The molecule has 0 spiro atoms. The molecule has 3 aliphatic heterocycles. The number of carbonyl (C=O) groups excluding carboxylic acids is 1. The average molecular weight is 375 g/mol. The van der Waals surface area contributed by atoms with E-state index in [-0.39, 0.29) is 17.7 Å². The summed E-state index contributed by atoms with van der Waals surface area (Å²) in [5.74, 6) is 0.916. The van der Waals surface area contributed by atoms with Crippen molar-refractivity contribution in [3.05, 3.63) is 41.3 Å². The maximum atomic E-state index is 12.7. The van der Waals surface area contributed by atoms with Crippen LogP contribution in [0.4, 0.5) is 0 Å². The van der Waals surface area contributed by atoms with E-state index in [1.165, 1.54) is 37.3 Å². The quantitative estimate of drug-likeness (QED) is 0.854. The number of rotatable bonds is 4. The van der Waals surface area contributed by atoms with Gasteiger partial charge >= 0.3 is 0 Å². The molecule has 0 aliphatic carbocycles. The maximum absolute atomic E-state index is 12.7. The molecule has 4 heterocycles. The van der Waals surface area contributed by atoms with Crippen molar-refractivity contribution >= 4 is 29.0 Å². The summed E-state index contributed by atoms with van der Waals surface area (Å²) < 4.78 is 1.05. The van der Waals surface area contributed by atoms with Crippen molar-refractivity contribution in [1.82, 2.24) is 10.2 Å². The van der Waals surface area contributed by atoms with Crippen LogP contribution in [0.5, 0.6) is 5.75 Å². The monoisotopic (exact) mass is 374 g/mol. The van der Waals surface area contributed by atoms with E-state index in [2.05, 4.69) is 17.1 Å². The first-order valence-corrected chi connectivity index (χ1v) is 10.3. The van der Waals surface area contributed by atoms with Crippen molar-refractivity contribution in [1.29, 1.82) is 0 Å². The van der Waals surface area contributed by atoms with Crippen molar-refractivity contribution in [3.63, 3.8) is 0 Å². The van der Waals surface area contributed by atoms with Crippen molar-refractivity contribution in [2.45, 2.75) is 41.0 Å². The van der Waals surface area contributed by atoms with Gasteiger partial charge in [-0.05, 0) is 69.1 Å². The number of fused-ring (bicyclic) bond motifs is 3. The predicted octanol–water partition coefficient (Wildman–Crippen LogP) is 3.82. The number of phenols is 1. The van der Waals surface area contributed by atoms with Crippen LogP contribution >= 0.6 is 23.1 Å². The van der Waals surface area contributed by atoms with Crippen LogP contribution < -0.4 is 5.32 Å². The number of aromatic hydroxyl groups is 1. The van der Waals surface area contributed by atoms with Gasteiger partial charge in [0.25, 0.3) is 5.91 Å². The summed E-state index contributed by atoms with van der Waals surface area (Å²) in [6.07, 6.45) is 2.39. The number of amides is 1. The van der Waals surface area contributed by atoms with Crippen LogP contribution in [-0.2, 0) is 0 Å². The van der Waals surface area contributed by atoms with Crippen LogP contribution in [-0.4, -0.2) is 41.1 Å². The molecular formula is C19H22N2O2S2. The number of benzene rings is 1. The molecule has 0 unspecified atom stereocenters. The Kier molecular flexibility index (Phi) is 4.75. The van der Waals surface area contributed by atoms with Gasteiger partial charge in [0.05, 0.1) is 9.09 Å². The smallest absolute Gasteiger partial charge is 0.261 e. The zero-order valence-corrected chi connectivity index (χ0v) is 15.8. The van der Waals surface area contributed by atoms with Gasteiger partial charge in [0.15, 0.2) is 0 Å². The highest BCUT2D eigenvalue weighted by Gasteiger charge is 2.40. The number of carbonyl (C=O) groups is 1. The number of nitrogens with zero attached hydrogens (tertiary/aromatic N) is 1. The lowest BCUT2D eigenvalue weighted by Gasteiger charge is -2.49. The first-order valence-electron chi connectivity index (χ1n) is 8.72. The number of thiophene rings is 1. The summed E-state index contributed by atoms with van der Waals surface area (Å²) in [7, 11) is 0. The third-order valence-electron chi connectivity index (χ3n) is 5.32. The zero-order valence-electron chi connectivity index (χ0n) is 14.1. The topological polar surface area (TPSA) is 52.6 Å². The largest absolute Gasteiger partial charge is 0.508 e. The molecule has 132 valence electrons. The second-order valence-electron chi connectivity index (χ2n) is 6.83. The Morgan fingerprint density at radius 2 is 2.08 bits per heavy atom. The lowest BCUT2D eigenvalue weighted by atomic mass is 9.79. The Morgan fingerprint density at radius 3 is 2.80 bits per heavy atom. The molecule has 2 aromatic rings. The fourth-order valence-corrected chi connectivity index (χ4v) is 5.99. The van der Waals surface area contributed by atoms with Gasteiger partial charge in [0, 0.05) is 17.0 Å². The fourth-order valence-electron chi connectivity index (χ4n) is 3.93. The van der Waals surface area contributed by atoms with E-state index in [1.54, 1.807) is 23.9 Å². The van der Waals surface area contributed by atoms with Crippen LogP contribution in [0, 0.1) is 5.92 Å². The number of piperidine rings is 3. The molecule has 2 bridgehead atoms.